The molecule has 0 rings (SSSR count). The molecule has 0 saturated heterocycles. The number of hydrogen-bond acceptors (Lipinski definition) is 4. The molecule has 0 bridgehead atoms. The Bertz CT molecular complexity index is 231. The Hall–Kier alpha value is -0.220. The summed E-state index contributed by atoms with van der Waals surface area (Å²) in [6.07, 6.45) is 0.481. The van der Waals surface area contributed by atoms with Crippen molar-refractivity contribution in [2.24, 2.45) is 5.73 Å². The summed E-state index contributed by atoms with van der Waals surface area (Å²) in [5.74, 6) is -0.940. The molecule has 5 N–H and O–H groups in total. The molecule has 7 nitrogen and oxygen atoms in total. The van der Waals surface area contributed by atoms with Gasteiger partial charge in [0.15, 0.2) is 0 Å². The third-order valence-electron chi connectivity index (χ3n) is 0.737. The second-order valence-electron chi connectivity index (χ2n) is 1.87. The van der Waals surface area contributed by atoms with Gasteiger partial charge in [0.2, 0.25) is 0 Å². The SMILES string of the molecule is N[C@@H](CCBr)C(=O)O.O=S(=O)(O)O. The second kappa shape index (κ2) is 7.21. The smallest absolute Gasteiger partial charge is 0.394 e. The fraction of sp³-hybridized carbons (Fsp3) is 0.750. The molecule has 0 fully saturated rings. The highest BCUT2D eigenvalue weighted by Crippen LogP contribution is 1.91. The first-order valence-corrected chi connectivity index (χ1v) is 5.44. The Morgan fingerprint density at radius 3 is 1.85 bits per heavy atom. The Balaban J connectivity index is 0. The molecular formula is C4H10BrNO6S. The van der Waals surface area contributed by atoms with Gasteiger partial charge in [0.1, 0.15) is 6.04 Å². The van der Waals surface area contributed by atoms with Crippen molar-refractivity contribution in [2.75, 3.05) is 5.33 Å². The van der Waals surface area contributed by atoms with E-state index >= 15 is 0 Å². The number of rotatable bonds is 3. The third kappa shape index (κ3) is 24.5. The van der Waals surface area contributed by atoms with Crippen molar-refractivity contribution >= 4 is 32.3 Å². The fourth-order valence-corrected chi connectivity index (χ4v) is 0.734. The van der Waals surface area contributed by atoms with Gasteiger partial charge in [0, 0.05) is 5.33 Å². The van der Waals surface area contributed by atoms with Gasteiger partial charge in [-0.25, -0.2) is 0 Å². The van der Waals surface area contributed by atoms with Crippen LogP contribution in [0.15, 0.2) is 0 Å². The minimum Gasteiger partial charge on any atom is -0.480 e. The monoisotopic (exact) mass is 279 g/mol. The number of hydrogen-bond donors (Lipinski definition) is 4. The van der Waals surface area contributed by atoms with E-state index in [4.69, 9.17) is 28.4 Å². The molecule has 0 aromatic rings. The lowest BCUT2D eigenvalue weighted by atomic mass is 10.2. The first-order chi connectivity index (χ1) is 5.68. The van der Waals surface area contributed by atoms with Crippen molar-refractivity contribution in [3.63, 3.8) is 0 Å². The molecule has 0 unspecified atom stereocenters. The molecule has 0 aromatic carbocycles. The second-order valence-corrected chi connectivity index (χ2v) is 3.56. The molecule has 0 spiro atoms. The molecule has 0 saturated carbocycles. The molecule has 80 valence electrons. The fourth-order valence-electron chi connectivity index (χ4n) is 0.241. The van der Waals surface area contributed by atoms with Crippen LogP contribution in [0.5, 0.6) is 0 Å². The highest BCUT2D eigenvalue weighted by molar-refractivity contribution is 9.09. The highest BCUT2D eigenvalue weighted by Gasteiger charge is 2.08. The van der Waals surface area contributed by atoms with Crippen molar-refractivity contribution in [1.82, 2.24) is 0 Å². The normalized spacial score (nSPS) is 12.6. The quantitative estimate of drug-likeness (QED) is 0.405. The minimum atomic E-state index is -4.67. The number of carboxylic acid groups (broad SMARTS) is 1. The topological polar surface area (TPSA) is 138 Å². The first kappa shape index (κ1) is 15.3. The van der Waals surface area contributed by atoms with Gasteiger partial charge in [0.25, 0.3) is 0 Å². The summed E-state index contributed by atoms with van der Waals surface area (Å²) in [4.78, 5) is 9.94. The average Bonchev–Trinajstić information content (AvgIpc) is 1.84. The van der Waals surface area contributed by atoms with Gasteiger partial charge in [-0.15, -0.1) is 0 Å². The maximum atomic E-state index is 9.94. The van der Waals surface area contributed by atoms with Crippen LogP contribution in [0.4, 0.5) is 0 Å². The van der Waals surface area contributed by atoms with Crippen molar-refractivity contribution in [1.29, 1.82) is 0 Å². The van der Waals surface area contributed by atoms with Crippen molar-refractivity contribution < 1.29 is 27.4 Å². The number of carbonyl (C=O) groups is 1. The van der Waals surface area contributed by atoms with E-state index in [2.05, 4.69) is 15.9 Å². The summed E-state index contributed by atoms with van der Waals surface area (Å²) in [6.45, 7) is 0. The van der Waals surface area contributed by atoms with Crippen LogP contribution in [0.3, 0.4) is 0 Å². The number of carboxylic acids is 1. The molecule has 0 radical (unpaired) electrons. The van der Waals surface area contributed by atoms with Gasteiger partial charge in [-0.05, 0) is 6.42 Å². The summed E-state index contributed by atoms with van der Waals surface area (Å²) in [5.41, 5.74) is 5.10. The molecule has 9 heteroatoms. The van der Waals surface area contributed by atoms with Crippen molar-refractivity contribution in [2.45, 2.75) is 12.5 Å². The van der Waals surface area contributed by atoms with Crippen LogP contribution in [-0.4, -0.2) is 40.0 Å². The molecule has 0 aromatic heterocycles. The van der Waals surface area contributed by atoms with E-state index in [-0.39, 0.29) is 0 Å². The van der Waals surface area contributed by atoms with Gasteiger partial charge in [-0.1, -0.05) is 15.9 Å². The van der Waals surface area contributed by atoms with Crippen LogP contribution >= 0.6 is 15.9 Å². The molecular weight excluding hydrogens is 270 g/mol. The zero-order valence-corrected chi connectivity index (χ0v) is 8.82. The predicted octanol–water partition coefficient (Wildman–Crippen LogP) is -0.469. The Labute approximate surface area is 83.6 Å². The predicted molar refractivity (Wildman–Crippen MR) is 48.2 cm³/mol. The molecule has 1 atom stereocenters. The highest BCUT2D eigenvalue weighted by atomic mass is 79.9. The van der Waals surface area contributed by atoms with Crippen LogP contribution in [0, 0.1) is 0 Å². The molecule has 0 aliphatic heterocycles. The lowest BCUT2D eigenvalue weighted by molar-refractivity contribution is -0.138. The maximum absolute atomic E-state index is 9.94. The van der Waals surface area contributed by atoms with Crippen LogP contribution in [0.1, 0.15) is 6.42 Å². The van der Waals surface area contributed by atoms with E-state index in [9.17, 15) is 4.79 Å². The van der Waals surface area contributed by atoms with Crippen molar-refractivity contribution in [3.05, 3.63) is 0 Å². The Morgan fingerprint density at radius 2 is 1.77 bits per heavy atom. The minimum absolute atomic E-state index is 0.481. The van der Waals surface area contributed by atoms with E-state index in [1.807, 2.05) is 0 Å². The van der Waals surface area contributed by atoms with Gasteiger partial charge in [0.05, 0.1) is 0 Å². The summed E-state index contributed by atoms with van der Waals surface area (Å²) in [6, 6.07) is -0.714. The molecule has 0 aliphatic rings. The summed E-state index contributed by atoms with van der Waals surface area (Å²) >= 11 is 3.07. The van der Waals surface area contributed by atoms with E-state index in [1.165, 1.54) is 0 Å². The lowest BCUT2D eigenvalue weighted by Crippen LogP contribution is -2.30. The lowest BCUT2D eigenvalue weighted by Gasteiger charge is -1.99. The molecule has 0 amide bonds. The molecule has 13 heavy (non-hydrogen) atoms. The standard InChI is InChI=1S/C4H8BrNO2.H2O4S/c5-2-1-3(6)4(7)8;1-5(2,3)4/h3H,1-2,6H2,(H,7,8);(H2,1,2,3,4)/t3-;/m0./s1. The third-order valence-corrected chi connectivity index (χ3v) is 1.20. The van der Waals surface area contributed by atoms with Gasteiger partial charge < -0.3 is 10.8 Å². The summed E-state index contributed by atoms with van der Waals surface area (Å²) < 4.78 is 31.6. The van der Waals surface area contributed by atoms with E-state index in [1.54, 1.807) is 0 Å². The number of aliphatic carboxylic acids is 1. The number of nitrogens with two attached hydrogens (primary N) is 1. The zero-order valence-electron chi connectivity index (χ0n) is 6.42. The Kier molecular flexibility index (Phi) is 8.46. The molecule has 0 aliphatic carbocycles. The van der Waals surface area contributed by atoms with Gasteiger partial charge in [-0.3, -0.25) is 13.9 Å². The average molecular weight is 280 g/mol. The van der Waals surface area contributed by atoms with E-state index in [0.29, 0.717) is 11.8 Å². The summed E-state index contributed by atoms with van der Waals surface area (Å²) in [7, 11) is -4.67. The zero-order chi connectivity index (χ0) is 11.1. The van der Waals surface area contributed by atoms with E-state index in [0.717, 1.165) is 0 Å². The van der Waals surface area contributed by atoms with Crippen molar-refractivity contribution in [3.8, 4) is 0 Å². The molecule has 0 heterocycles. The van der Waals surface area contributed by atoms with Crippen LogP contribution in [-0.2, 0) is 15.2 Å². The van der Waals surface area contributed by atoms with Crippen LogP contribution in [0.25, 0.3) is 0 Å². The van der Waals surface area contributed by atoms with Gasteiger partial charge >= 0.3 is 16.4 Å². The van der Waals surface area contributed by atoms with Gasteiger partial charge in [-0.2, -0.15) is 8.42 Å². The largest absolute Gasteiger partial charge is 0.480 e. The Morgan fingerprint density at radius 1 is 1.46 bits per heavy atom. The number of halogens is 1. The first-order valence-electron chi connectivity index (χ1n) is 2.92. The maximum Gasteiger partial charge on any atom is 0.394 e. The number of alkyl halides is 1. The van der Waals surface area contributed by atoms with Crippen LogP contribution in [0.2, 0.25) is 0 Å². The summed E-state index contributed by atoms with van der Waals surface area (Å²) in [5, 5.41) is 8.81. The van der Waals surface area contributed by atoms with Crippen LogP contribution < -0.4 is 5.73 Å². The van der Waals surface area contributed by atoms with E-state index < -0.39 is 22.4 Å².